The minimum absolute atomic E-state index is 0.130. The van der Waals surface area contributed by atoms with Gasteiger partial charge in [-0.05, 0) is 51.1 Å². The first-order chi connectivity index (χ1) is 11.4. The van der Waals surface area contributed by atoms with Gasteiger partial charge in [-0.2, -0.15) is 0 Å². The maximum absolute atomic E-state index is 14.2. The number of hydrogen-bond acceptors (Lipinski definition) is 4. The van der Waals surface area contributed by atoms with Crippen molar-refractivity contribution in [3.63, 3.8) is 0 Å². The van der Waals surface area contributed by atoms with Crippen LogP contribution in [0, 0.1) is 11.7 Å². The first-order valence-corrected chi connectivity index (χ1v) is 8.50. The number of anilines is 2. The highest BCUT2D eigenvalue weighted by Gasteiger charge is 2.24. The van der Waals surface area contributed by atoms with E-state index in [9.17, 15) is 9.18 Å². The Kier molecular flexibility index (Phi) is 6.57. The summed E-state index contributed by atoms with van der Waals surface area (Å²) in [7, 11) is 3.73. The average molecular weight is 337 g/mol. The summed E-state index contributed by atoms with van der Waals surface area (Å²) in [5, 5.41) is 5.87. The maximum atomic E-state index is 14.2. The Morgan fingerprint density at radius 1 is 1.42 bits per heavy atom. The fraction of sp³-hybridized carbons (Fsp3) is 0.611. The zero-order valence-corrected chi connectivity index (χ0v) is 14.9. The van der Waals surface area contributed by atoms with Crippen molar-refractivity contribution in [1.29, 1.82) is 0 Å². The standard InChI is InChI=1S/C18H28FN3O2/c1-12(2)17(22(3)4)18(23)21-13-7-8-16(15(19)10-13)20-11-14-6-5-9-24-14/h7-8,10,12,14,17,20H,5-6,9,11H2,1-4H3,(H,21,23)/t14-,17-/m1/s1. The van der Waals surface area contributed by atoms with E-state index in [1.165, 1.54) is 6.07 Å². The van der Waals surface area contributed by atoms with Gasteiger partial charge in [0.25, 0.3) is 0 Å². The lowest BCUT2D eigenvalue weighted by Crippen LogP contribution is -2.43. The average Bonchev–Trinajstić information content (AvgIpc) is 2.98. The van der Waals surface area contributed by atoms with E-state index in [1.807, 2.05) is 32.8 Å². The monoisotopic (exact) mass is 337 g/mol. The Morgan fingerprint density at radius 2 is 2.17 bits per heavy atom. The van der Waals surface area contributed by atoms with E-state index >= 15 is 0 Å². The summed E-state index contributed by atoms with van der Waals surface area (Å²) in [6, 6.07) is 4.46. The Bertz CT molecular complexity index is 549. The first kappa shape index (κ1) is 18.7. The zero-order chi connectivity index (χ0) is 17.7. The second kappa shape index (κ2) is 8.44. The largest absolute Gasteiger partial charge is 0.380 e. The molecule has 1 amide bonds. The predicted molar refractivity (Wildman–Crippen MR) is 94.8 cm³/mol. The topological polar surface area (TPSA) is 53.6 Å². The van der Waals surface area contributed by atoms with Gasteiger partial charge in [0, 0.05) is 18.8 Å². The van der Waals surface area contributed by atoms with E-state index in [2.05, 4.69) is 10.6 Å². The highest BCUT2D eigenvalue weighted by molar-refractivity contribution is 5.95. The predicted octanol–water partition coefficient (Wildman–Crippen LogP) is 2.94. The molecule has 0 spiro atoms. The number of benzene rings is 1. The minimum Gasteiger partial charge on any atom is -0.380 e. The summed E-state index contributed by atoms with van der Waals surface area (Å²) in [4.78, 5) is 14.3. The molecule has 1 aliphatic rings. The number of halogens is 1. The number of carbonyl (C=O) groups is 1. The third kappa shape index (κ3) is 4.92. The number of likely N-dealkylation sites (N-methyl/N-ethyl adjacent to an activating group) is 1. The molecule has 6 heteroatoms. The fourth-order valence-electron chi connectivity index (χ4n) is 3.12. The number of hydrogen-bond donors (Lipinski definition) is 2. The van der Waals surface area contributed by atoms with Crippen molar-refractivity contribution in [2.45, 2.75) is 38.8 Å². The van der Waals surface area contributed by atoms with Crippen molar-refractivity contribution in [1.82, 2.24) is 4.90 Å². The molecule has 0 radical (unpaired) electrons. The number of rotatable bonds is 7. The van der Waals surface area contributed by atoms with Crippen LogP contribution in [-0.4, -0.2) is 50.2 Å². The van der Waals surface area contributed by atoms with Crippen molar-refractivity contribution >= 4 is 17.3 Å². The van der Waals surface area contributed by atoms with Gasteiger partial charge in [-0.3, -0.25) is 9.69 Å². The van der Waals surface area contributed by atoms with Gasteiger partial charge in [0.1, 0.15) is 5.82 Å². The van der Waals surface area contributed by atoms with Crippen LogP contribution in [0.1, 0.15) is 26.7 Å². The summed E-state index contributed by atoms with van der Waals surface area (Å²) >= 11 is 0. The van der Waals surface area contributed by atoms with Crippen molar-refractivity contribution < 1.29 is 13.9 Å². The molecule has 0 bridgehead atoms. The smallest absolute Gasteiger partial charge is 0.241 e. The van der Waals surface area contributed by atoms with Crippen LogP contribution in [0.15, 0.2) is 18.2 Å². The second-order valence-electron chi connectivity index (χ2n) is 6.85. The third-order valence-corrected chi connectivity index (χ3v) is 4.24. The number of nitrogens with zero attached hydrogens (tertiary/aromatic N) is 1. The Hall–Kier alpha value is -1.66. The Balaban J connectivity index is 1.96. The van der Waals surface area contributed by atoms with E-state index in [-0.39, 0.29) is 29.8 Å². The SMILES string of the molecule is CC(C)[C@H](C(=O)Nc1ccc(NC[C@H]2CCCO2)c(F)c1)N(C)C. The normalized spacial score (nSPS) is 18.9. The van der Waals surface area contributed by atoms with Gasteiger partial charge in [-0.1, -0.05) is 13.8 Å². The summed E-state index contributed by atoms with van der Waals surface area (Å²) in [6.45, 7) is 5.35. The molecule has 2 N–H and O–H groups in total. The van der Waals surface area contributed by atoms with Crippen molar-refractivity contribution in [2.75, 3.05) is 37.9 Å². The van der Waals surface area contributed by atoms with Crippen LogP contribution in [0.3, 0.4) is 0 Å². The van der Waals surface area contributed by atoms with E-state index in [4.69, 9.17) is 4.74 Å². The number of nitrogens with one attached hydrogen (secondary N) is 2. The van der Waals surface area contributed by atoms with Crippen molar-refractivity contribution in [2.24, 2.45) is 5.92 Å². The number of ether oxygens (including phenoxy) is 1. The first-order valence-electron chi connectivity index (χ1n) is 8.50. The lowest BCUT2D eigenvalue weighted by Gasteiger charge is -2.26. The number of carbonyl (C=O) groups excluding carboxylic acids is 1. The van der Waals surface area contributed by atoms with Crippen molar-refractivity contribution in [3.05, 3.63) is 24.0 Å². The molecular weight excluding hydrogens is 309 g/mol. The van der Waals surface area contributed by atoms with Gasteiger partial charge in [0.05, 0.1) is 17.8 Å². The van der Waals surface area contributed by atoms with Gasteiger partial charge in [0.15, 0.2) is 0 Å². The van der Waals surface area contributed by atoms with Crippen LogP contribution in [-0.2, 0) is 9.53 Å². The molecule has 0 aromatic heterocycles. The van der Waals surface area contributed by atoms with Gasteiger partial charge in [-0.15, -0.1) is 0 Å². The summed E-state index contributed by atoms with van der Waals surface area (Å²) in [5.41, 5.74) is 0.893. The highest BCUT2D eigenvalue weighted by Crippen LogP contribution is 2.21. The Labute approximate surface area is 143 Å². The van der Waals surface area contributed by atoms with Crippen LogP contribution in [0.4, 0.5) is 15.8 Å². The van der Waals surface area contributed by atoms with Crippen LogP contribution in [0.5, 0.6) is 0 Å². The maximum Gasteiger partial charge on any atom is 0.241 e. The van der Waals surface area contributed by atoms with Crippen molar-refractivity contribution in [3.8, 4) is 0 Å². The zero-order valence-electron chi connectivity index (χ0n) is 14.9. The molecule has 1 aliphatic heterocycles. The minimum atomic E-state index is -0.378. The van der Waals surface area contributed by atoms with E-state index in [1.54, 1.807) is 12.1 Å². The van der Waals surface area contributed by atoms with Gasteiger partial charge in [-0.25, -0.2) is 4.39 Å². The molecule has 1 saturated heterocycles. The molecule has 24 heavy (non-hydrogen) atoms. The quantitative estimate of drug-likeness (QED) is 0.803. The van der Waals surface area contributed by atoms with E-state index < -0.39 is 0 Å². The van der Waals surface area contributed by atoms with Gasteiger partial charge < -0.3 is 15.4 Å². The molecule has 134 valence electrons. The Morgan fingerprint density at radius 3 is 2.71 bits per heavy atom. The fourth-order valence-corrected chi connectivity index (χ4v) is 3.12. The molecule has 1 heterocycles. The van der Waals surface area contributed by atoms with E-state index in [0.717, 1.165) is 19.4 Å². The van der Waals surface area contributed by atoms with Crippen LogP contribution in [0.2, 0.25) is 0 Å². The number of amides is 1. The van der Waals surface area contributed by atoms with Crippen LogP contribution < -0.4 is 10.6 Å². The van der Waals surface area contributed by atoms with Crippen LogP contribution >= 0.6 is 0 Å². The van der Waals surface area contributed by atoms with Gasteiger partial charge >= 0.3 is 0 Å². The second-order valence-corrected chi connectivity index (χ2v) is 6.85. The molecular formula is C18H28FN3O2. The van der Waals surface area contributed by atoms with Crippen LogP contribution in [0.25, 0.3) is 0 Å². The molecule has 5 nitrogen and oxygen atoms in total. The summed E-state index contributed by atoms with van der Waals surface area (Å²) < 4.78 is 19.7. The molecule has 0 aliphatic carbocycles. The molecule has 2 rings (SSSR count). The lowest BCUT2D eigenvalue weighted by molar-refractivity contribution is -0.121. The van der Waals surface area contributed by atoms with Gasteiger partial charge in [0.2, 0.25) is 5.91 Å². The molecule has 1 aromatic carbocycles. The molecule has 0 saturated carbocycles. The molecule has 2 atom stereocenters. The molecule has 0 unspecified atom stereocenters. The lowest BCUT2D eigenvalue weighted by atomic mass is 10.0. The molecule has 1 fully saturated rings. The van der Waals surface area contributed by atoms with E-state index in [0.29, 0.717) is 17.9 Å². The highest BCUT2D eigenvalue weighted by atomic mass is 19.1. The summed E-state index contributed by atoms with van der Waals surface area (Å²) in [5.74, 6) is -0.344. The third-order valence-electron chi connectivity index (χ3n) is 4.24. The molecule has 1 aromatic rings. The summed E-state index contributed by atoms with van der Waals surface area (Å²) in [6.07, 6.45) is 2.21.